The summed E-state index contributed by atoms with van der Waals surface area (Å²) >= 11 is 1.58. The minimum absolute atomic E-state index is 0.556. The lowest BCUT2D eigenvalue weighted by Gasteiger charge is -2.07. The van der Waals surface area contributed by atoms with Crippen molar-refractivity contribution in [1.29, 1.82) is 0 Å². The van der Waals surface area contributed by atoms with Crippen LogP contribution >= 0.6 is 11.3 Å². The molecule has 0 radical (unpaired) electrons. The molecule has 3 aromatic heterocycles. The summed E-state index contributed by atoms with van der Waals surface area (Å²) in [6.07, 6.45) is 5.29. The first-order chi connectivity index (χ1) is 10.9. The predicted octanol–water partition coefficient (Wildman–Crippen LogP) is 4.55. The van der Waals surface area contributed by atoms with Crippen molar-refractivity contribution in [3.05, 3.63) is 67.1 Å². The summed E-state index contributed by atoms with van der Waals surface area (Å²) in [5, 5.41) is 0.877. The van der Waals surface area contributed by atoms with Gasteiger partial charge in [0.15, 0.2) is 0 Å². The van der Waals surface area contributed by atoms with Crippen molar-refractivity contribution < 1.29 is 4.74 Å². The molecule has 4 rings (SSSR count). The standard InChI is InChI=1S/C17H11N3OS/c1-2-5-12(6-3-1)21-16-13(7-4-9-19-16)17-20-14-8-10-18-11-15(14)22-17/h1-11H. The molecule has 1 aromatic carbocycles. The molecule has 0 atom stereocenters. The Morgan fingerprint density at radius 2 is 1.82 bits per heavy atom. The molecule has 106 valence electrons. The number of benzene rings is 1. The number of aromatic nitrogens is 3. The topological polar surface area (TPSA) is 47.9 Å². The van der Waals surface area contributed by atoms with Gasteiger partial charge in [-0.2, -0.15) is 0 Å². The van der Waals surface area contributed by atoms with Crippen molar-refractivity contribution in [2.45, 2.75) is 0 Å². The summed E-state index contributed by atoms with van der Waals surface area (Å²) in [4.78, 5) is 13.1. The second-order valence-electron chi connectivity index (χ2n) is 4.63. The van der Waals surface area contributed by atoms with Crippen LogP contribution in [0, 0.1) is 0 Å². The van der Waals surface area contributed by atoms with E-state index in [9.17, 15) is 0 Å². The molecule has 4 aromatic rings. The van der Waals surface area contributed by atoms with Gasteiger partial charge in [-0.15, -0.1) is 11.3 Å². The quantitative estimate of drug-likeness (QED) is 0.557. The summed E-state index contributed by atoms with van der Waals surface area (Å²) in [6.45, 7) is 0. The summed E-state index contributed by atoms with van der Waals surface area (Å²) < 4.78 is 6.95. The van der Waals surface area contributed by atoms with E-state index < -0.39 is 0 Å². The molecule has 5 heteroatoms. The van der Waals surface area contributed by atoms with Crippen molar-refractivity contribution in [1.82, 2.24) is 15.0 Å². The SMILES string of the molecule is c1ccc(Oc2ncccc2-c2nc3ccncc3s2)cc1. The molecule has 0 saturated carbocycles. The molecule has 0 spiro atoms. The largest absolute Gasteiger partial charge is 0.438 e. The third-order valence-corrected chi connectivity index (χ3v) is 4.19. The molecule has 4 nitrogen and oxygen atoms in total. The highest BCUT2D eigenvalue weighted by molar-refractivity contribution is 7.21. The van der Waals surface area contributed by atoms with Crippen molar-refractivity contribution in [3.8, 4) is 22.2 Å². The average molecular weight is 305 g/mol. The van der Waals surface area contributed by atoms with Gasteiger partial charge in [0, 0.05) is 18.6 Å². The maximum atomic E-state index is 5.90. The molecule has 0 N–H and O–H groups in total. The van der Waals surface area contributed by atoms with E-state index in [-0.39, 0.29) is 0 Å². The molecular weight excluding hydrogens is 294 g/mol. The van der Waals surface area contributed by atoms with Gasteiger partial charge >= 0.3 is 0 Å². The van der Waals surface area contributed by atoms with E-state index in [1.165, 1.54) is 0 Å². The Kier molecular flexibility index (Phi) is 3.25. The number of para-hydroxylation sites is 1. The number of nitrogens with zero attached hydrogens (tertiary/aromatic N) is 3. The molecule has 0 saturated heterocycles. The zero-order valence-electron chi connectivity index (χ0n) is 11.5. The Morgan fingerprint density at radius 3 is 2.68 bits per heavy atom. The minimum Gasteiger partial charge on any atom is -0.438 e. The number of rotatable bonds is 3. The molecule has 0 aliphatic carbocycles. The Hall–Kier alpha value is -2.79. The van der Waals surface area contributed by atoms with Crippen LogP contribution in [0.3, 0.4) is 0 Å². The van der Waals surface area contributed by atoms with E-state index in [1.807, 2.05) is 54.7 Å². The fourth-order valence-corrected chi connectivity index (χ4v) is 3.08. The smallest absolute Gasteiger partial charge is 0.229 e. The van der Waals surface area contributed by atoms with Gasteiger partial charge < -0.3 is 4.74 Å². The molecule has 0 unspecified atom stereocenters. The fraction of sp³-hybridized carbons (Fsp3) is 0. The zero-order valence-corrected chi connectivity index (χ0v) is 12.3. The van der Waals surface area contributed by atoms with Gasteiger partial charge in [-0.25, -0.2) is 9.97 Å². The van der Waals surface area contributed by atoms with Crippen LogP contribution in [-0.4, -0.2) is 15.0 Å². The molecular formula is C17H11N3OS. The van der Waals surface area contributed by atoms with Crippen LogP contribution in [0.4, 0.5) is 0 Å². The molecule has 0 fully saturated rings. The maximum Gasteiger partial charge on any atom is 0.229 e. The van der Waals surface area contributed by atoms with Crippen LogP contribution in [0.15, 0.2) is 67.1 Å². The Morgan fingerprint density at radius 1 is 0.909 bits per heavy atom. The zero-order chi connectivity index (χ0) is 14.8. The highest BCUT2D eigenvalue weighted by atomic mass is 32.1. The highest BCUT2D eigenvalue weighted by Crippen LogP contribution is 2.35. The summed E-state index contributed by atoms with van der Waals surface area (Å²) in [5.41, 5.74) is 1.82. The van der Waals surface area contributed by atoms with E-state index in [2.05, 4.69) is 15.0 Å². The van der Waals surface area contributed by atoms with Crippen molar-refractivity contribution >= 4 is 21.6 Å². The van der Waals surface area contributed by atoms with Crippen LogP contribution < -0.4 is 4.74 Å². The Bertz CT molecular complexity index is 888. The Balaban J connectivity index is 1.78. The monoisotopic (exact) mass is 305 g/mol. The fourth-order valence-electron chi connectivity index (χ4n) is 2.13. The first kappa shape index (κ1) is 12.9. The second-order valence-corrected chi connectivity index (χ2v) is 5.66. The van der Waals surface area contributed by atoms with Crippen LogP contribution in [0.2, 0.25) is 0 Å². The molecule has 0 bridgehead atoms. The van der Waals surface area contributed by atoms with Crippen LogP contribution in [0.1, 0.15) is 0 Å². The summed E-state index contributed by atoms with van der Waals surface area (Å²) in [5.74, 6) is 1.31. The predicted molar refractivity (Wildman–Crippen MR) is 87.2 cm³/mol. The van der Waals surface area contributed by atoms with Gasteiger partial charge in [-0.05, 0) is 30.3 Å². The lowest BCUT2D eigenvalue weighted by Crippen LogP contribution is -1.90. The third-order valence-electron chi connectivity index (χ3n) is 3.15. The Labute approximate surface area is 131 Å². The van der Waals surface area contributed by atoms with Crippen molar-refractivity contribution in [2.24, 2.45) is 0 Å². The van der Waals surface area contributed by atoms with Crippen LogP contribution in [-0.2, 0) is 0 Å². The van der Waals surface area contributed by atoms with Gasteiger partial charge in [0.25, 0.3) is 0 Å². The minimum atomic E-state index is 0.556. The summed E-state index contributed by atoms with van der Waals surface area (Å²) in [6, 6.07) is 15.4. The number of fused-ring (bicyclic) bond motifs is 1. The second kappa shape index (κ2) is 5.54. The van der Waals surface area contributed by atoms with E-state index in [4.69, 9.17) is 4.74 Å². The van der Waals surface area contributed by atoms with Gasteiger partial charge in [0.1, 0.15) is 10.8 Å². The van der Waals surface area contributed by atoms with Gasteiger partial charge in [-0.1, -0.05) is 18.2 Å². The van der Waals surface area contributed by atoms with Crippen LogP contribution in [0.25, 0.3) is 20.8 Å². The molecule has 0 aliphatic rings. The highest BCUT2D eigenvalue weighted by Gasteiger charge is 2.13. The maximum absolute atomic E-state index is 5.90. The molecule has 3 heterocycles. The van der Waals surface area contributed by atoms with Gasteiger partial charge in [0.05, 0.1) is 15.8 Å². The number of hydrogen-bond donors (Lipinski definition) is 0. The van der Waals surface area contributed by atoms with E-state index >= 15 is 0 Å². The molecule has 0 aliphatic heterocycles. The van der Waals surface area contributed by atoms with E-state index in [0.29, 0.717) is 5.88 Å². The van der Waals surface area contributed by atoms with Gasteiger partial charge in [0.2, 0.25) is 5.88 Å². The molecule has 22 heavy (non-hydrogen) atoms. The third kappa shape index (κ3) is 2.42. The van der Waals surface area contributed by atoms with E-state index in [0.717, 1.165) is 26.5 Å². The lowest BCUT2D eigenvalue weighted by molar-refractivity contribution is 0.465. The van der Waals surface area contributed by atoms with Crippen molar-refractivity contribution in [3.63, 3.8) is 0 Å². The van der Waals surface area contributed by atoms with Gasteiger partial charge in [-0.3, -0.25) is 4.98 Å². The van der Waals surface area contributed by atoms with Crippen LogP contribution in [0.5, 0.6) is 11.6 Å². The average Bonchev–Trinajstić information content (AvgIpc) is 3.00. The normalized spacial score (nSPS) is 10.7. The number of thiazole rings is 1. The number of pyridine rings is 2. The van der Waals surface area contributed by atoms with E-state index in [1.54, 1.807) is 23.7 Å². The first-order valence-corrected chi connectivity index (χ1v) is 7.61. The molecule has 0 amide bonds. The lowest BCUT2D eigenvalue weighted by atomic mass is 10.3. The number of hydrogen-bond acceptors (Lipinski definition) is 5. The van der Waals surface area contributed by atoms with Crippen molar-refractivity contribution in [2.75, 3.05) is 0 Å². The number of ether oxygens (including phenoxy) is 1. The summed E-state index contributed by atoms with van der Waals surface area (Å²) in [7, 11) is 0. The first-order valence-electron chi connectivity index (χ1n) is 6.79.